The van der Waals surface area contributed by atoms with Gasteiger partial charge in [-0.15, -0.1) is 0 Å². The molecule has 2 fully saturated rings. The van der Waals surface area contributed by atoms with Gasteiger partial charge in [0.15, 0.2) is 14.6 Å². The summed E-state index contributed by atoms with van der Waals surface area (Å²) >= 11 is 5.82. The number of piperidine rings is 1. The lowest BCUT2D eigenvalue weighted by Crippen LogP contribution is -2.48. The molecule has 0 bridgehead atoms. The van der Waals surface area contributed by atoms with Crippen LogP contribution in [0.2, 0.25) is 5.02 Å². The predicted octanol–water partition coefficient (Wildman–Crippen LogP) is 2.90. The number of benzene rings is 1. The van der Waals surface area contributed by atoms with Crippen LogP contribution in [-0.2, 0) is 14.6 Å². The van der Waals surface area contributed by atoms with Gasteiger partial charge in [0.25, 0.3) is 0 Å². The summed E-state index contributed by atoms with van der Waals surface area (Å²) < 4.78 is 24.6. The van der Waals surface area contributed by atoms with E-state index in [2.05, 4.69) is 6.92 Å². The van der Waals surface area contributed by atoms with Crippen LogP contribution in [0, 0.1) is 5.92 Å². The average Bonchev–Trinajstić information content (AvgIpc) is 3.29. The lowest BCUT2D eigenvalue weighted by molar-refractivity contribution is -0.133. The molecule has 4 nitrogen and oxygen atoms in total. The quantitative estimate of drug-likeness (QED) is 0.849. The lowest BCUT2D eigenvalue weighted by atomic mass is 10.00. The molecular weight excluding hydrogens is 322 g/mol. The van der Waals surface area contributed by atoms with Crippen LogP contribution in [0.5, 0.6) is 0 Å². The maximum atomic E-state index is 12.9. The summed E-state index contributed by atoms with van der Waals surface area (Å²) in [6.07, 6.45) is 2.88. The van der Waals surface area contributed by atoms with E-state index in [1.54, 1.807) is 17.0 Å². The third-order valence-electron chi connectivity index (χ3n) is 4.68. The Hall–Kier alpha value is -1.07. The van der Waals surface area contributed by atoms with Gasteiger partial charge in [0.2, 0.25) is 5.91 Å². The van der Waals surface area contributed by atoms with Gasteiger partial charge in [0.05, 0.1) is 4.90 Å². The monoisotopic (exact) mass is 341 g/mol. The number of nitrogens with zero attached hydrogens (tertiary/aromatic N) is 1. The van der Waals surface area contributed by atoms with Crippen molar-refractivity contribution in [2.24, 2.45) is 5.92 Å². The molecule has 0 N–H and O–H groups in total. The second-order valence-corrected chi connectivity index (χ2v) is 9.15. The van der Waals surface area contributed by atoms with Crippen LogP contribution in [0.3, 0.4) is 0 Å². The predicted molar refractivity (Wildman–Crippen MR) is 85.6 cm³/mol. The summed E-state index contributed by atoms with van der Waals surface area (Å²) in [6, 6.07) is 6.09. The molecule has 1 heterocycles. The first kappa shape index (κ1) is 15.8. The van der Waals surface area contributed by atoms with Gasteiger partial charge >= 0.3 is 0 Å². The summed E-state index contributed by atoms with van der Waals surface area (Å²) in [7, 11) is -3.66. The van der Waals surface area contributed by atoms with Crippen molar-refractivity contribution in [1.82, 2.24) is 4.90 Å². The fourth-order valence-corrected chi connectivity index (χ4v) is 5.28. The summed E-state index contributed by atoms with van der Waals surface area (Å²) in [4.78, 5) is 14.8. The number of halogens is 1. The van der Waals surface area contributed by atoms with E-state index in [0.717, 1.165) is 12.8 Å². The van der Waals surface area contributed by atoms with Crippen molar-refractivity contribution < 1.29 is 13.2 Å². The topological polar surface area (TPSA) is 54.5 Å². The smallest absolute Gasteiger partial charge is 0.244 e. The number of likely N-dealkylation sites (tertiary alicyclic amines) is 1. The minimum absolute atomic E-state index is 0.188. The van der Waals surface area contributed by atoms with Crippen LogP contribution in [0.1, 0.15) is 32.6 Å². The number of hydrogen-bond acceptors (Lipinski definition) is 3. The Balaban J connectivity index is 1.89. The highest BCUT2D eigenvalue weighted by Gasteiger charge is 2.62. The third-order valence-corrected chi connectivity index (χ3v) is 7.43. The second kappa shape index (κ2) is 5.53. The summed E-state index contributed by atoms with van der Waals surface area (Å²) in [6.45, 7) is 3.44. The molecule has 1 unspecified atom stereocenters. The largest absolute Gasteiger partial charge is 0.341 e. The Bertz CT molecular complexity index is 680. The van der Waals surface area contributed by atoms with E-state index >= 15 is 0 Å². The molecule has 0 radical (unpaired) electrons. The Morgan fingerprint density at radius 2 is 1.91 bits per heavy atom. The molecule has 1 aromatic carbocycles. The second-order valence-electron chi connectivity index (χ2n) is 6.45. The van der Waals surface area contributed by atoms with Gasteiger partial charge in [-0.2, -0.15) is 0 Å². The summed E-state index contributed by atoms with van der Waals surface area (Å²) in [5, 5.41) is 0.486. The van der Waals surface area contributed by atoms with Crippen molar-refractivity contribution >= 4 is 27.3 Å². The number of hydrogen-bond donors (Lipinski definition) is 0. The molecule has 1 atom stereocenters. The molecule has 1 aliphatic carbocycles. The Kier molecular flexibility index (Phi) is 3.98. The van der Waals surface area contributed by atoms with Crippen LogP contribution in [0.4, 0.5) is 0 Å². The van der Waals surface area contributed by atoms with Crippen molar-refractivity contribution in [3.8, 4) is 0 Å². The van der Waals surface area contributed by atoms with Gasteiger partial charge in [-0.25, -0.2) is 8.42 Å². The molecule has 1 saturated heterocycles. The Labute approximate surface area is 136 Å². The summed E-state index contributed by atoms with van der Waals surface area (Å²) in [5.74, 6) is 0.223. The molecule has 1 amide bonds. The van der Waals surface area contributed by atoms with Crippen LogP contribution >= 0.6 is 11.6 Å². The molecular formula is C16H20ClNO3S. The minimum Gasteiger partial charge on any atom is -0.341 e. The van der Waals surface area contributed by atoms with E-state index in [1.807, 2.05) is 0 Å². The zero-order valence-corrected chi connectivity index (χ0v) is 14.2. The molecule has 120 valence electrons. The Morgan fingerprint density at radius 3 is 2.45 bits per heavy atom. The van der Waals surface area contributed by atoms with E-state index in [4.69, 9.17) is 11.6 Å². The van der Waals surface area contributed by atoms with Crippen molar-refractivity contribution in [3.05, 3.63) is 29.3 Å². The third kappa shape index (κ3) is 2.54. The van der Waals surface area contributed by atoms with Gasteiger partial charge in [0.1, 0.15) is 0 Å². The first-order valence-electron chi connectivity index (χ1n) is 7.66. The van der Waals surface area contributed by atoms with Gasteiger partial charge in [-0.1, -0.05) is 18.5 Å². The molecule has 0 aromatic heterocycles. The maximum Gasteiger partial charge on any atom is 0.244 e. The van der Waals surface area contributed by atoms with Gasteiger partial charge in [-0.05, 0) is 55.9 Å². The van der Waals surface area contributed by atoms with E-state index < -0.39 is 14.6 Å². The molecule has 1 saturated carbocycles. The molecule has 3 rings (SSSR count). The number of carbonyl (C=O) groups excluding carboxylic acids is 1. The fraction of sp³-hybridized carbons (Fsp3) is 0.562. The average molecular weight is 342 g/mol. The summed E-state index contributed by atoms with van der Waals surface area (Å²) in [5.41, 5.74) is 0. The van der Waals surface area contributed by atoms with Crippen LogP contribution in [0.15, 0.2) is 29.2 Å². The first-order chi connectivity index (χ1) is 10.4. The highest BCUT2D eigenvalue weighted by atomic mass is 35.5. The molecule has 6 heteroatoms. The minimum atomic E-state index is -3.66. The van der Waals surface area contributed by atoms with Gasteiger partial charge in [0, 0.05) is 18.1 Å². The lowest BCUT2D eigenvalue weighted by Gasteiger charge is -2.33. The van der Waals surface area contributed by atoms with E-state index in [1.165, 1.54) is 12.1 Å². The number of sulfone groups is 1. The number of amides is 1. The molecule has 1 aromatic rings. The van der Waals surface area contributed by atoms with E-state index in [0.29, 0.717) is 36.9 Å². The molecule has 1 aliphatic heterocycles. The molecule has 2 aliphatic rings. The Morgan fingerprint density at radius 1 is 1.27 bits per heavy atom. The number of carbonyl (C=O) groups is 1. The van der Waals surface area contributed by atoms with E-state index in [9.17, 15) is 13.2 Å². The van der Waals surface area contributed by atoms with Crippen LogP contribution < -0.4 is 0 Å². The van der Waals surface area contributed by atoms with Crippen LogP contribution in [0.25, 0.3) is 0 Å². The van der Waals surface area contributed by atoms with Crippen molar-refractivity contribution in [1.29, 1.82) is 0 Å². The van der Waals surface area contributed by atoms with Crippen molar-refractivity contribution in [3.63, 3.8) is 0 Å². The van der Waals surface area contributed by atoms with Crippen molar-refractivity contribution in [2.75, 3.05) is 13.1 Å². The van der Waals surface area contributed by atoms with Gasteiger partial charge < -0.3 is 4.90 Å². The van der Waals surface area contributed by atoms with Gasteiger partial charge in [-0.3, -0.25) is 4.79 Å². The molecule has 22 heavy (non-hydrogen) atoms. The zero-order chi connectivity index (χ0) is 16.0. The standard InChI is InChI=1S/C16H20ClNO3S/c1-12-3-2-10-18(11-12)15(19)16(8-9-16)22(20,21)14-6-4-13(17)5-7-14/h4-7,12H,2-3,8-11H2,1H3. The highest BCUT2D eigenvalue weighted by Crippen LogP contribution is 2.48. The first-order valence-corrected chi connectivity index (χ1v) is 9.52. The van der Waals surface area contributed by atoms with Crippen LogP contribution in [-0.4, -0.2) is 37.1 Å². The SMILES string of the molecule is CC1CCCN(C(=O)C2(S(=O)(=O)c3ccc(Cl)cc3)CC2)C1. The zero-order valence-electron chi connectivity index (χ0n) is 12.6. The normalized spacial score (nSPS) is 24.1. The number of rotatable bonds is 3. The van der Waals surface area contributed by atoms with E-state index in [-0.39, 0.29) is 10.8 Å². The highest BCUT2D eigenvalue weighted by molar-refractivity contribution is 7.94. The fourth-order valence-electron chi connectivity index (χ4n) is 3.21. The van der Waals surface area contributed by atoms with Crippen molar-refractivity contribution in [2.45, 2.75) is 42.2 Å². The maximum absolute atomic E-state index is 12.9. The molecule has 0 spiro atoms.